The molecule has 0 saturated heterocycles. The van der Waals surface area contributed by atoms with E-state index < -0.39 is 0 Å². The quantitative estimate of drug-likeness (QED) is 0.448. The average Bonchev–Trinajstić information content (AvgIpc) is 2.68. The molecule has 3 aromatic carbocycles. The van der Waals surface area contributed by atoms with Gasteiger partial charge in [0.1, 0.15) is 12.4 Å². The Morgan fingerprint density at radius 2 is 1.42 bits per heavy atom. The maximum Gasteiger partial charge on any atom is 0.119 e. The van der Waals surface area contributed by atoms with E-state index in [0.29, 0.717) is 6.61 Å². The van der Waals surface area contributed by atoms with Gasteiger partial charge in [-0.05, 0) is 38.1 Å². The predicted octanol–water partition coefficient (Wildman–Crippen LogP) is 6.10. The van der Waals surface area contributed by atoms with Crippen molar-refractivity contribution < 1.29 is 4.74 Å². The molecular formula is C24H21NO. The summed E-state index contributed by atoms with van der Waals surface area (Å²) < 4.78 is 6.04. The van der Waals surface area contributed by atoms with E-state index in [1.807, 2.05) is 24.3 Å². The van der Waals surface area contributed by atoms with Crippen molar-refractivity contribution >= 4 is 10.9 Å². The largest absolute Gasteiger partial charge is 0.489 e. The molecule has 0 unspecified atom stereocenters. The molecular weight excluding hydrogens is 318 g/mol. The maximum atomic E-state index is 6.04. The zero-order valence-corrected chi connectivity index (χ0v) is 15.1. The van der Waals surface area contributed by atoms with Crippen LogP contribution in [0.2, 0.25) is 0 Å². The second kappa shape index (κ2) is 7.01. The van der Waals surface area contributed by atoms with Gasteiger partial charge in [0.2, 0.25) is 0 Å². The first-order chi connectivity index (χ1) is 12.7. The summed E-state index contributed by atoms with van der Waals surface area (Å²) in [5.74, 6) is 0.883. The fraction of sp³-hybridized carbons (Fsp3) is 0.125. The SMILES string of the molecule is Cc1ccc(OCc2cc(-c3ccc(C)cc3)nc3ccccc23)cc1. The molecule has 1 aromatic heterocycles. The van der Waals surface area contributed by atoms with Gasteiger partial charge in [0.25, 0.3) is 0 Å². The lowest BCUT2D eigenvalue weighted by Gasteiger charge is -2.12. The van der Waals surface area contributed by atoms with Gasteiger partial charge in [0.15, 0.2) is 0 Å². The number of hydrogen-bond donors (Lipinski definition) is 0. The van der Waals surface area contributed by atoms with Gasteiger partial charge >= 0.3 is 0 Å². The first-order valence-corrected chi connectivity index (χ1v) is 8.84. The van der Waals surface area contributed by atoms with Gasteiger partial charge < -0.3 is 4.74 Å². The molecule has 0 saturated carbocycles. The summed E-state index contributed by atoms with van der Waals surface area (Å²) in [6, 6.07) is 27.0. The monoisotopic (exact) mass is 339 g/mol. The van der Waals surface area contributed by atoms with Crippen LogP contribution in [-0.2, 0) is 6.61 Å². The molecule has 0 fully saturated rings. The highest BCUT2D eigenvalue weighted by Crippen LogP contribution is 2.26. The lowest BCUT2D eigenvalue weighted by atomic mass is 10.0. The van der Waals surface area contributed by atoms with Crippen molar-refractivity contribution in [3.05, 3.63) is 95.6 Å². The molecule has 4 rings (SSSR count). The number of nitrogens with zero attached hydrogens (tertiary/aromatic N) is 1. The average molecular weight is 339 g/mol. The second-order valence-corrected chi connectivity index (χ2v) is 6.65. The Balaban J connectivity index is 1.72. The van der Waals surface area contributed by atoms with Crippen LogP contribution in [0.1, 0.15) is 16.7 Å². The third-order valence-electron chi connectivity index (χ3n) is 4.56. The van der Waals surface area contributed by atoms with Crippen LogP contribution in [0.15, 0.2) is 78.9 Å². The van der Waals surface area contributed by atoms with Crippen molar-refractivity contribution in [2.45, 2.75) is 20.5 Å². The minimum Gasteiger partial charge on any atom is -0.489 e. The number of ether oxygens (including phenoxy) is 1. The van der Waals surface area contributed by atoms with E-state index in [9.17, 15) is 0 Å². The Bertz CT molecular complexity index is 1030. The van der Waals surface area contributed by atoms with Gasteiger partial charge in [0.05, 0.1) is 11.2 Å². The van der Waals surface area contributed by atoms with E-state index >= 15 is 0 Å². The second-order valence-electron chi connectivity index (χ2n) is 6.65. The number of aryl methyl sites for hydroxylation is 2. The summed E-state index contributed by atoms with van der Waals surface area (Å²) >= 11 is 0. The molecule has 2 heteroatoms. The molecule has 4 aromatic rings. The highest BCUT2D eigenvalue weighted by Gasteiger charge is 2.08. The first kappa shape index (κ1) is 16.3. The van der Waals surface area contributed by atoms with Crippen molar-refractivity contribution in [1.29, 1.82) is 0 Å². The number of benzene rings is 3. The van der Waals surface area contributed by atoms with Crippen LogP contribution in [0.5, 0.6) is 5.75 Å². The molecule has 0 aliphatic carbocycles. The molecule has 26 heavy (non-hydrogen) atoms. The lowest BCUT2D eigenvalue weighted by Crippen LogP contribution is -1.99. The zero-order chi connectivity index (χ0) is 17.9. The van der Waals surface area contributed by atoms with Crippen LogP contribution >= 0.6 is 0 Å². The van der Waals surface area contributed by atoms with E-state index in [2.05, 4.69) is 68.4 Å². The lowest BCUT2D eigenvalue weighted by molar-refractivity contribution is 0.307. The molecule has 0 aliphatic heterocycles. The van der Waals surface area contributed by atoms with Crippen molar-refractivity contribution in [1.82, 2.24) is 4.98 Å². The van der Waals surface area contributed by atoms with Gasteiger partial charge in [-0.25, -0.2) is 4.98 Å². The Hall–Kier alpha value is -3.13. The predicted molar refractivity (Wildman–Crippen MR) is 107 cm³/mol. The Morgan fingerprint density at radius 1 is 0.769 bits per heavy atom. The molecule has 0 radical (unpaired) electrons. The number of aromatic nitrogens is 1. The smallest absolute Gasteiger partial charge is 0.119 e. The van der Waals surface area contributed by atoms with Gasteiger partial charge in [-0.1, -0.05) is 65.7 Å². The van der Waals surface area contributed by atoms with Crippen molar-refractivity contribution in [2.75, 3.05) is 0 Å². The molecule has 0 aliphatic rings. The van der Waals surface area contributed by atoms with Crippen LogP contribution < -0.4 is 4.74 Å². The fourth-order valence-electron chi connectivity index (χ4n) is 3.03. The van der Waals surface area contributed by atoms with Gasteiger partial charge in [-0.15, -0.1) is 0 Å². The summed E-state index contributed by atoms with van der Waals surface area (Å²) in [7, 11) is 0. The van der Waals surface area contributed by atoms with Crippen LogP contribution in [0.3, 0.4) is 0 Å². The first-order valence-electron chi connectivity index (χ1n) is 8.84. The number of rotatable bonds is 4. The molecule has 128 valence electrons. The number of pyridine rings is 1. The van der Waals surface area contributed by atoms with Gasteiger partial charge in [0, 0.05) is 16.5 Å². The van der Waals surface area contributed by atoms with E-state index in [-0.39, 0.29) is 0 Å². The topological polar surface area (TPSA) is 22.1 Å². The number of hydrogen-bond acceptors (Lipinski definition) is 2. The standard InChI is InChI=1S/C24H21NO/c1-17-7-11-19(12-8-17)24-15-20(22-5-3-4-6-23(22)25-24)16-26-21-13-9-18(2)10-14-21/h3-15H,16H2,1-2H3. The minimum atomic E-state index is 0.519. The van der Waals surface area contributed by atoms with E-state index in [0.717, 1.165) is 33.5 Å². The summed E-state index contributed by atoms with van der Waals surface area (Å²) in [4.78, 5) is 4.85. The maximum absolute atomic E-state index is 6.04. The highest BCUT2D eigenvalue weighted by molar-refractivity contribution is 5.85. The van der Waals surface area contributed by atoms with Crippen LogP contribution in [0.25, 0.3) is 22.2 Å². The Morgan fingerprint density at radius 3 is 2.15 bits per heavy atom. The third-order valence-corrected chi connectivity index (χ3v) is 4.56. The molecule has 0 spiro atoms. The molecule has 1 heterocycles. The third kappa shape index (κ3) is 3.45. The highest BCUT2D eigenvalue weighted by atomic mass is 16.5. The van der Waals surface area contributed by atoms with Crippen molar-refractivity contribution in [2.24, 2.45) is 0 Å². The molecule has 0 amide bonds. The van der Waals surface area contributed by atoms with E-state index in [4.69, 9.17) is 9.72 Å². The summed E-state index contributed by atoms with van der Waals surface area (Å²) in [5.41, 5.74) is 6.72. The summed E-state index contributed by atoms with van der Waals surface area (Å²) in [6.07, 6.45) is 0. The summed E-state index contributed by atoms with van der Waals surface area (Å²) in [6.45, 7) is 4.69. The van der Waals surface area contributed by atoms with E-state index in [1.165, 1.54) is 11.1 Å². The Kier molecular flexibility index (Phi) is 4.40. The minimum absolute atomic E-state index is 0.519. The van der Waals surface area contributed by atoms with Crippen molar-refractivity contribution in [3.8, 4) is 17.0 Å². The molecule has 2 nitrogen and oxygen atoms in total. The molecule has 0 atom stereocenters. The van der Waals surface area contributed by atoms with Crippen molar-refractivity contribution in [3.63, 3.8) is 0 Å². The molecule has 0 bridgehead atoms. The van der Waals surface area contributed by atoms with Gasteiger partial charge in [-0.2, -0.15) is 0 Å². The van der Waals surface area contributed by atoms with Crippen LogP contribution in [-0.4, -0.2) is 4.98 Å². The van der Waals surface area contributed by atoms with Gasteiger partial charge in [-0.3, -0.25) is 0 Å². The summed E-state index contributed by atoms with van der Waals surface area (Å²) in [5, 5.41) is 1.13. The normalized spacial score (nSPS) is 10.8. The zero-order valence-electron chi connectivity index (χ0n) is 15.1. The fourth-order valence-corrected chi connectivity index (χ4v) is 3.03. The Labute approximate surface area is 154 Å². The number of fused-ring (bicyclic) bond motifs is 1. The van der Waals surface area contributed by atoms with E-state index in [1.54, 1.807) is 0 Å². The number of para-hydroxylation sites is 1. The van der Waals surface area contributed by atoms with Crippen LogP contribution in [0, 0.1) is 13.8 Å². The van der Waals surface area contributed by atoms with Crippen LogP contribution in [0.4, 0.5) is 0 Å². The molecule has 0 N–H and O–H groups in total.